The molecule has 4 aliphatic rings. The Morgan fingerprint density at radius 2 is 0.915 bits per heavy atom. The van der Waals surface area contributed by atoms with Gasteiger partial charge in [-0.3, -0.25) is 0 Å². The van der Waals surface area contributed by atoms with E-state index < -0.39 is 29.7 Å². The summed E-state index contributed by atoms with van der Waals surface area (Å²) in [4.78, 5) is 54.7. The largest absolute Gasteiger partial charge is 0.513 e. The average Bonchev–Trinajstić information content (AvgIpc) is 3.91. The summed E-state index contributed by atoms with van der Waals surface area (Å²) in [7, 11) is 0. The Balaban J connectivity index is 1.03. The van der Waals surface area contributed by atoms with Gasteiger partial charge >= 0.3 is 24.2 Å². The molecular formula is C57H52N2O10S2. The van der Waals surface area contributed by atoms with E-state index in [-0.39, 0.29) is 64.7 Å². The predicted octanol–water partition coefficient (Wildman–Crippen LogP) is 14.2. The molecular weight excluding hydrogens is 937 g/mol. The minimum Gasteiger partial charge on any atom is -0.434 e. The zero-order valence-corrected chi connectivity index (χ0v) is 41.2. The number of hydrogen-bond acceptors (Lipinski definition) is 14. The van der Waals surface area contributed by atoms with Crippen molar-refractivity contribution < 1.29 is 47.6 Å². The van der Waals surface area contributed by atoms with Crippen LogP contribution in [0.1, 0.15) is 157 Å². The van der Waals surface area contributed by atoms with Crippen LogP contribution in [0.15, 0.2) is 117 Å². The minimum atomic E-state index is -0.833. The van der Waals surface area contributed by atoms with Gasteiger partial charge in [-0.1, -0.05) is 150 Å². The number of hydrogen-bond donors (Lipinski definition) is 0. The molecule has 2 atom stereocenters. The van der Waals surface area contributed by atoms with Gasteiger partial charge in [-0.2, -0.15) is 10.5 Å². The van der Waals surface area contributed by atoms with Crippen molar-refractivity contribution in [3.05, 3.63) is 151 Å². The number of carbonyl (C=O) groups excluding carboxylic acids is 4. The highest BCUT2D eigenvalue weighted by molar-refractivity contribution is 8.24. The molecule has 71 heavy (non-hydrogen) atoms. The standard InChI is InChI=1S/C57H52N2O10S2/c1-3-5-7-9-11-17-31-64-55(62)66-38-27-23-35(24-28-38)52(60)68-48-44-45(47-41-20-14-16-22-43(41)57(47)42-21-15-13-19-40(42)46(44)57)49(51-50(48)70-54(71-51)37(33-58)34-59)69-53(61)36-25-29-39(30-26-36)67-56(63)65-32-18-12-10-8-6-4-2/h13-16,19-30,46-47H,3-12,17-18,31-32H2,1-2H3. The van der Waals surface area contributed by atoms with Crippen LogP contribution in [0.25, 0.3) is 0 Å². The van der Waals surface area contributed by atoms with Gasteiger partial charge in [0, 0.05) is 28.4 Å². The summed E-state index contributed by atoms with van der Waals surface area (Å²) in [6.07, 6.45) is 10.9. The lowest BCUT2D eigenvalue weighted by atomic mass is 9.43. The number of benzene rings is 5. The van der Waals surface area contributed by atoms with E-state index in [0.29, 0.717) is 25.2 Å². The van der Waals surface area contributed by atoms with Gasteiger partial charge in [-0.05, 0) is 83.6 Å². The van der Waals surface area contributed by atoms with E-state index >= 15 is 0 Å². The first-order chi connectivity index (χ1) is 34.7. The smallest absolute Gasteiger partial charge is 0.434 e. The molecule has 9 rings (SSSR count). The summed E-state index contributed by atoms with van der Waals surface area (Å²) < 4.78 is 34.8. The van der Waals surface area contributed by atoms with Crippen molar-refractivity contribution in [2.45, 2.75) is 118 Å². The van der Waals surface area contributed by atoms with Crippen LogP contribution in [0.3, 0.4) is 0 Å². The van der Waals surface area contributed by atoms with E-state index in [2.05, 4.69) is 38.1 Å². The number of thioether (sulfide) groups is 2. The lowest BCUT2D eigenvalue weighted by Crippen LogP contribution is -2.52. The molecule has 0 amide bonds. The third-order valence-electron chi connectivity index (χ3n) is 13.5. The highest BCUT2D eigenvalue weighted by Gasteiger charge is 2.71. The second-order valence-corrected chi connectivity index (χ2v) is 20.2. The van der Waals surface area contributed by atoms with Crippen molar-refractivity contribution in [2.75, 3.05) is 13.2 Å². The Kier molecular flexibility index (Phi) is 15.2. The van der Waals surface area contributed by atoms with Crippen LogP contribution in [0.5, 0.6) is 23.0 Å². The van der Waals surface area contributed by atoms with Gasteiger partial charge < -0.3 is 28.4 Å². The normalized spacial score (nSPS) is 16.9. The highest BCUT2D eigenvalue weighted by atomic mass is 32.2. The lowest BCUT2D eigenvalue weighted by molar-refractivity contribution is 0.0708. The topological polar surface area (TPSA) is 171 Å². The van der Waals surface area contributed by atoms with Crippen LogP contribution in [0.4, 0.5) is 9.59 Å². The number of unbranched alkanes of at least 4 members (excludes halogenated alkanes) is 10. The third-order valence-corrected chi connectivity index (χ3v) is 16.1. The number of allylic oxidation sites excluding steroid dienone is 1. The molecule has 0 N–H and O–H groups in total. The van der Waals surface area contributed by atoms with Crippen LogP contribution in [0.2, 0.25) is 0 Å². The maximum Gasteiger partial charge on any atom is 0.513 e. The molecule has 0 saturated carbocycles. The van der Waals surface area contributed by atoms with Gasteiger partial charge in [0.05, 0.1) is 38.4 Å². The molecule has 5 aromatic carbocycles. The summed E-state index contributed by atoms with van der Waals surface area (Å²) in [5.74, 6) is -1.18. The number of carbonyl (C=O) groups is 4. The summed E-state index contributed by atoms with van der Waals surface area (Å²) >= 11 is 2.22. The van der Waals surface area contributed by atoms with E-state index in [0.717, 1.165) is 110 Å². The number of esters is 2. The highest BCUT2D eigenvalue weighted by Crippen LogP contribution is 2.81. The Labute approximate surface area is 421 Å². The number of fused-ring (bicyclic) bond motifs is 8. The monoisotopic (exact) mass is 988 g/mol. The van der Waals surface area contributed by atoms with Gasteiger partial charge in [0.2, 0.25) is 0 Å². The molecule has 0 aromatic heterocycles. The van der Waals surface area contributed by atoms with Crippen LogP contribution < -0.4 is 18.9 Å². The van der Waals surface area contributed by atoms with Crippen molar-refractivity contribution in [1.82, 2.24) is 0 Å². The summed E-state index contributed by atoms with van der Waals surface area (Å²) in [6.45, 7) is 4.82. The van der Waals surface area contributed by atoms with Crippen LogP contribution in [-0.4, -0.2) is 37.5 Å². The summed E-state index contributed by atoms with van der Waals surface area (Å²) in [5.41, 5.74) is 5.29. The van der Waals surface area contributed by atoms with E-state index in [1.54, 1.807) is 0 Å². The number of nitriles is 2. The van der Waals surface area contributed by atoms with Crippen molar-refractivity contribution in [3.8, 4) is 35.1 Å². The maximum atomic E-state index is 14.4. The second kappa shape index (κ2) is 22.0. The van der Waals surface area contributed by atoms with Crippen LogP contribution in [0, 0.1) is 22.7 Å². The van der Waals surface area contributed by atoms with Gasteiger partial charge in [0.25, 0.3) is 0 Å². The van der Waals surface area contributed by atoms with Gasteiger partial charge in [0.15, 0.2) is 11.5 Å². The summed E-state index contributed by atoms with van der Waals surface area (Å²) in [5, 5.41) is 20.2. The number of ether oxygens (including phenoxy) is 6. The Morgan fingerprint density at radius 1 is 0.521 bits per heavy atom. The fourth-order valence-electron chi connectivity index (χ4n) is 10.3. The predicted molar refractivity (Wildman–Crippen MR) is 267 cm³/mol. The molecule has 2 unspecified atom stereocenters. The minimum absolute atomic E-state index is 0.148. The second-order valence-electron chi connectivity index (χ2n) is 17.9. The molecule has 5 aromatic rings. The molecule has 0 radical (unpaired) electrons. The average molecular weight is 989 g/mol. The first-order valence-electron chi connectivity index (χ1n) is 24.4. The molecule has 0 saturated heterocycles. The Hall–Kier alpha value is -7.00. The van der Waals surface area contributed by atoms with Crippen LogP contribution >= 0.6 is 23.5 Å². The fraction of sp³-hybridized carbons (Fsp3) is 0.333. The van der Waals surface area contributed by atoms with Gasteiger partial charge in [-0.15, -0.1) is 0 Å². The maximum absolute atomic E-state index is 14.4. The third kappa shape index (κ3) is 9.51. The summed E-state index contributed by atoms with van der Waals surface area (Å²) in [6, 6.07) is 32.3. The van der Waals surface area contributed by atoms with Crippen LogP contribution in [-0.2, 0) is 14.9 Å². The molecule has 1 aliphatic heterocycles. The fourth-order valence-corrected chi connectivity index (χ4v) is 12.8. The Morgan fingerprint density at radius 3 is 1.32 bits per heavy atom. The molecule has 1 spiro atoms. The zero-order chi connectivity index (χ0) is 49.5. The van der Waals surface area contributed by atoms with Crippen molar-refractivity contribution in [3.63, 3.8) is 0 Å². The van der Waals surface area contributed by atoms with Crippen molar-refractivity contribution in [1.29, 1.82) is 10.5 Å². The van der Waals surface area contributed by atoms with E-state index in [4.69, 9.17) is 28.4 Å². The first-order valence-corrected chi connectivity index (χ1v) is 26.0. The van der Waals surface area contributed by atoms with E-state index in [9.17, 15) is 29.7 Å². The lowest BCUT2D eigenvalue weighted by Gasteiger charge is -2.58. The van der Waals surface area contributed by atoms with Crippen molar-refractivity contribution >= 4 is 47.8 Å². The molecule has 0 fully saturated rings. The van der Waals surface area contributed by atoms with Crippen molar-refractivity contribution in [2.24, 2.45) is 0 Å². The molecule has 362 valence electrons. The quantitative estimate of drug-likeness (QED) is 0.0237. The molecule has 0 bridgehead atoms. The molecule has 12 nitrogen and oxygen atoms in total. The van der Waals surface area contributed by atoms with Gasteiger partial charge in [-0.25, -0.2) is 19.2 Å². The van der Waals surface area contributed by atoms with E-state index in [1.807, 2.05) is 36.4 Å². The van der Waals surface area contributed by atoms with E-state index in [1.165, 1.54) is 61.4 Å². The van der Waals surface area contributed by atoms with Gasteiger partial charge in [0.1, 0.15) is 29.2 Å². The zero-order valence-electron chi connectivity index (χ0n) is 39.6. The first kappa shape index (κ1) is 49.0. The molecule has 1 heterocycles. The molecule has 14 heteroatoms. The Bertz CT molecular complexity index is 2790. The number of nitrogens with zero attached hydrogens (tertiary/aromatic N) is 2. The number of rotatable bonds is 20. The SMILES string of the molecule is CCCCCCCCOC(=O)Oc1ccc(C(=O)Oc2c3c(c(OC(=O)c4ccc(OC(=O)OCCCCCCCC)cc4)c4c2C2c5ccccc5C25c2ccccc2C45)SC(=C(C#N)C#N)S3)cc1. The molecule has 3 aliphatic carbocycles.